The molecule has 28 heavy (non-hydrogen) atoms. The van der Waals surface area contributed by atoms with E-state index in [1.165, 1.54) is 11.6 Å². The van der Waals surface area contributed by atoms with Crippen LogP contribution in [0.4, 0.5) is 24.7 Å². The first-order chi connectivity index (χ1) is 13.2. The lowest BCUT2D eigenvalue weighted by Crippen LogP contribution is -2.32. The number of pyridine rings is 1. The van der Waals surface area contributed by atoms with Crippen LogP contribution >= 0.6 is 0 Å². The van der Waals surface area contributed by atoms with Gasteiger partial charge in [0.15, 0.2) is 5.82 Å². The van der Waals surface area contributed by atoms with E-state index in [0.717, 1.165) is 25.6 Å². The van der Waals surface area contributed by atoms with Crippen molar-refractivity contribution in [1.29, 1.82) is 0 Å². The van der Waals surface area contributed by atoms with Gasteiger partial charge in [-0.25, -0.2) is 4.98 Å². The minimum Gasteiger partial charge on any atom is -0.380 e. The van der Waals surface area contributed by atoms with Crippen LogP contribution in [0.5, 0.6) is 0 Å². The minimum atomic E-state index is -4.40. The molecule has 3 nitrogen and oxygen atoms in total. The van der Waals surface area contributed by atoms with Gasteiger partial charge in [0.2, 0.25) is 0 Å². The number of hydrogen-bond donors (Lipinski definition) is 1. The molecule has 2 heterocycles. The molecule has 6 heteroatoms. The third kappa shape index (κ3) is 4.36. The highest BCUT2D eigenvalue weighted by Crippen LogP contribution is 2.48. The molecular formula is C22H32F3N3. The van der Waals surface area contributed by atoms with Crippen molar-refractivity contribution in [3.8, 4) is 0 Å². The number of halogens is 3. The Bertz CT molecular complexity index is 737. The second-order valence-electron chi connectivity index (χ2n) is 7.74. The molecule has 1 aromatic rings. The van der Waals surface area contributed by atoms with E-state index in [-0.39, 0.29) is 17.5 Å². The highest BCUT2D eigenvalue weighted by molar-refractivity contribution is 5.70. The summed E-state index contributed by atoms with van der Waals surface area (Å²) in [6.07, 6.45) is 4.74. The average molecular weight is 396 g/mol. The summed E-state index contributed by atoms with van der Waals surface area (Å²) >= 11 is 0. The fourth-order valence-corrected chi connectivity index (χ4v) is 3.89. The van der Waals surface area contributed by atoms with Crippen molar-refractivity contribution in [3.63, 3.8) is 0 Å². The molecule has 1 saturated heterocycles. The maximum Gasteiger partial charge on any atom is 0.417 e. The molecule has 2 unspecified atom stereocenters. The lowest BCUT2D eigenvalue weighted by atomic mass is 9.78. The fraction of sp³-hybridized carbons (Fsp3) is 0.591. The average Bonchev–Trinajstić information content (AvgIpc) is 2.96. The largest absolute Gasteiger partial charge is 0.417 e. The number of alkyl halides is 3. The van der Waals surface area contributed by atoms with Crippen LogP contribution in [0.1, 0.15) is 59.9 Å². The van der Waals surface area contributed by atoms with E-state index < -0.39 is 11.7 Å². The van der Waals surface area contributed by atoms with Gasteiger partial charge in [-0.15, -0.1) is 0 Å². The van der Waals surface area contributed by atoms with Gasteiger partial charge in [0.25, 0.3) is 0 Å². The summed E-state index contributed by atoms with van der Waals surface area (Å²) in [6.45, 7) is 13.0. The lowest BCUT2D eigenvalue weighted by molar-refractivity contribution is -0.137. The maximum absolute atomic E-state index is 13.2. The van der Waals surface area contributed by atoms with Gasteiger partial charge in [0.1, 0.15) is 0 Å². The van der Waals surface area contributed by atoms with Gasteiger partial charge < -0.3 is 10.2 Å². The molecule has 0 spiro atoms. The molecular weight excluding hydrogens is 363 g/mol. The number of fused-ring (bicyclic) bond motifs is 1. The third-order valence-corrected chi connectivity index (χ3v) is 5.41. The van der Waals surface area contributed by atoms with Crippen LogP contribution in [0.2, 0.25) is 0 Å². The topological polar surface area (TPSA) is 28.2 Å². The molecule has 156 valence electrons. The smallest absolute Gasteiger partial charge is 0.380 e. The highest BCUT2D eigenvalue weighted by Gasteiger charge is 2.45. The Kier molecular flexibility index (Phi) is 6.84. The zero-order valence-corrected chi connectivity index (χ0v) is 17.7. The predicted molar refractivity (Wildman–Crippen MR) is 111 cm³/mol. The molecule has 0 saturated carbocycles. The van der Waals surface area contributed by atoms with Gasteiger partial charge in [-0.05, 0) is 38.3 Å². The maximum atomic E-state index is 13.2. The number of nitrogens with zero attached hydrogens (tertiary/aromatic N) is 2. The van der Waals surface area contributed by atoms with Crippen molar-refractivity contribution in [3.05, 3.63) is 41.6 Å². The Morgan fingerprint density at radius 1 is 1.32 bits per heavy atom. The van der Waals surface area contributed by atoms with Gasteiger partial charge in [-0.3, -0.25) is 0 Å². The normalized spacial score (nSPS) is 23.9. The van der Waals surface area contributed by atoms with E-state index in [1.807, 2.05) is 27.7 Å². The van der Waals surface area contributed by atoms with Crippen LogP contribution in [0.15, 0.2) is 36.1 Å². The van der Waals surface area contributed by atoms with Crippen LogP contribution in [-0.2, 0) is 6.18 Å². The number of aromatic nitrogens is 1. The molecule has 1 aliphatic carbocycles. The van der Waals surface area contributed by atoms with Crippen LogP contribution in [0, 0.1) is 5.41 Å². The van der Waals surface area contributed by atoms with Gasteiger partial charge in [-0.1, -0.05) is 45.9 Å². The first-order valence-electron chi connectivity index (χ1n) is 10.1. The number of nitrogens with one attached hydrogen (secondary N) is 1. The first kappa shape index (κ1) is 22.3. The molecule has 1 aromatic heterocycles. The zero-order valence-electron chi connectivity index (χ0n) is 17.7. The quantitative estimate of drug-likeness (QED) is 0.636. The van der Waals surface area contributed by atoms with Crippen LogP contribution in [-0.4, -0.2) is 23.6 Å². The Hall–Kier alpha value is -1.98. The van der Waals surface area contributed by atoms with E-state index in [0.29, 0.717) is 11.5 Å². The number of rotatable bonds is 4. The summed E-state index contributed by atoms with van der Waals surface area (Å²) in [5.74, 6) is 0.607. The van der Waals surface area contributed by atoms with E-state index >= 15 is 0 Å². The first-order valence-corrected chi connectivity index (χ1v) is 10.1. The van der Waals surface area contributed by atoms with Crippen LogP contribution < -0.4 is 10.2 Å². The Balaban J connectivity index is 0.00000136. The van der Waals surface area contributed by atoms with Gasteiger partial charge >= 0.3 is 6.18 Å². The summed E-state index contributed by atoms with van der Waals surface area (Å²) in [4.78, 5) is 6.43. The predicted octanol–water partition coefficient (Wildman–Crippen LogP) is 6.44. The molecule has 1 aliphatic heterocycles. The Morgan fingerprint density at radius 3 is 2.57 bits per heavy atom. The van der Waals surface area contributed by atoms with Gasteiger partial charge in [0, 0.05) is 24.2 Å². The highest BCUT2D eigenvalue weighted by atomic mass is 19.4. The zero-order chi connectivity index (χ0) is 21.1. The standard InChI is InChI=1S/C20H26F3N3.C2H6/c1-5-19(4)12-26(17-9-7-6-8-15(17)19)18-16(25-13(2)3)10-14(11-24-18)20(21,22)23;1-2/h6-8,10-11,13,17,25H,5,9,12H2,1-4H3;1-2H3. The van der Waals surface area contributed by atoms with Crippen LogP contribution in [0.25, 0.3) is 0 Å². The number of hydrogen-bond acceptors (Lipinski definition) is 3. The molecule has 2 atom stereocenters. The molecule has 0 bridgehead atoms. The lowest BCUT2D eigenvalue weighted by Gasteiger charge is -2.29. The SMILES string of the molecule is CC.CCC1(C)CN(c2ncc(C(F)(F)F)cc2NC(C)C)C2CC=CC=C21. The van der Waals surface area contributed by atoms with Crippen molar-refractivity contribution in [2.75, 3.05) is 16.8 Å². The third-order valence-electron chi connectivity index (χ3n) is 5.41. The van der Waals surface area contributed by atoms with Crippen molar-refractivity contribution in [1.82, 2.24) is 4.98 Å². The molecule has 1 fully saturated rings. The summed E-state index contributed by atoms with van der Waals surface area (Å²) in [5, 5.41) is 3.16. The number of allylic oxidation sites excluding steroid dienone is 2. The van der Waals surface area contributed by atoms with Crippen molar-refractivity contribution in [2.45, 2.75) is 72.6 Å². The second kappa shape index (κ2) is 8.58. The van der Waals surface area contributed by atoms with E-state index in [1.54, 1.807) is 0 Å². The summed E-state index contributed by atoms with van der Waals surface area (Å²) in [7, 11) is 0. The van der Waals surface area contributed by atoms with Gasteiger partial charge in [0.05, 0.1) is 17.3 Å². The van der Waals surface area contributed by atoms with E-state index in [9.17, 15) is 13.2 Å². The van der Waals surface area contributed by atoms with E-state index in [2.05, 4.69) is 47.3 Å². The Morgan fingerprint density at radius 2 is 2.00 bits per heavy atom. The molecule has 0 radical (unpaired) electrons. The molecule has 1 N–H and O–H groups in total. The molecule has 0 aromatic carbocycles. The second-order valence-corrected chi connectivity index (χ2v) is 7.74. The molecule has 3 rings (SSSR count). The summed E-state index contributed by atoms with van der Waals surface area (Å²) < 4.78 is 39.5. The monoisotopic (exact) mass is 395 g/mol. The molecule has 0 amide bonds. The molecule has 2 aliphatic rings. The minimum absolute atomic E-state index is 0.00884. The summed E-state index contributed by atoms with van der Waals surface area (Å²) in [6, 6.07) is 1.36. The van der Waals surface area contributed by atoms with Crippen molar-refractivity contribution in [2.24, 2.45) is 5.41 Å². The van der Waals surface area contributed by atoms with E-state index in [4.69, 9.17) is 0 Å². The summed E-state index contributed by atoms with van der Waals surface area (Å²) in [5.41, 5.74) is 1.08. The Labute approximate surface area is 166 Å². The van der Waals surface area contributed by atoms with Crippen molar-refractivity contribution < 1.29 is 13.2 Å². The van der Waals surface area contributed by atoms with Crippen molar-refractivity contribution >= 4 is 11.5 Å². The van der Waals surface area contributed by atoms with Crippen LogP contribution in [0.3, 0.4) is 0 Å². The van der Waals surface area contributed by atoms with Gasteiger partial charge in [-0.2, -0.15) is 13.2 Å². The number of anilines is 2. The fourth-order valence-electron chi connectivity index (χ4n) is 3.89.